The highest BCUT2D eigenvalue weighted by Gasteiger charge is 2.27. The second kappa shape index (κ2) is 6.09. The molecule has 0 atom stereocenters. The van der Waals surface area contributed by atoms with Crippen LogP contribution in [0, 0.1) is 0 Å². The van der Waals surface area contributed by atoms with E-state index in [-0.39, 0.29) is 28.5 Å². The van der Waals surface area contributed by atoms with E-state index in [1.54, 1.807) is 6.20 Å². The summed E-state index contributed by atoms with van der Waals surface area (Å²) in [6, 6.07) is 13.2. The molecule has 0 radical (unpaired) electrons. The van der Waals surface area contributed by atoms with Crippen LogP contribution in [0.25, 0.3) is 11.3 Å². The molecule has 0 unspecified atom stereocenters. The normalized spacial score (nSPS) is 13.2. The molecule has 4 rings (SSSR count). The Balaban J connectivity index is 1.59. The SMILES string of the molecule is O=C1C(Nc2ccc(-c3ccccn3)cc2)=CC(=O)c2ncncc21. The van der Waals surface area contributed by atoms with Gasteiger partial charge in [-0.3, -0.25) is 14.6 Å². The highest BCUT2D eigenvalue weighted by Crippen LogP contribution is 2.23. The molecule has 0 amide bonds. The van der Waals surface area contributed by atoms with Gasteiger partial charge in [-0.15, -0.1) is 0 Å². The van der Waals surface area contributed by atoms with Crippen molar-refractivity contribution >= 4 is 17.3 Å². The molecule has 1 aliphatic carbocycles. The van der Waals surface area contributed by atoms with Crippen molar-refractivity contribution in [2.24, 2.45) is 0 Å². The predicted octanol–water partition coefficient (Wildman–Crippen LogP) is 2.91. The van der Waals surface area contributed by atoms with Crippen LogP contribution in [0.5, 0.6) is 0 Å². The average molecular weight is 328 g/mol. The third-order valence-corrected chi connectivity index (χ3v) is 3.83. The van der Waals surface area contributed by atoms with Crippen LogP contribution >= 0.6 is 0 Å². The maximum absolute atomic E-state index is 12.5. The lowest BCUT2D eigenvalue weighted by molar-refractivity contribution is 0.0981. The first-order valence-corrected chi connectivity index (χ1v) is 7.61. The fraction of sp³-hybridized carbons (Fsp3) is 0. The minimum atomic E-state index is -0.315. The zero-order chi connectivity index (χ0) is 17.2. The van der Waals surface area contributed by atoms with E-state index in [1.807, 2.05) is 42.5 Å². The number of allylic oxidation sites excluding steroid dienone is 2. The number of fused-ring (bicyclic) bond motifs is 1. The van der Waals surface area contributed by atoms with Gasteiger partial charge in [0.25, 0.3) is 0 Å². The van der Waals surface area contributed by atoms with Gasteiger partial charge in [-0.2, -0.15) is 0 Å². The number of carbonyl (C=O) groups excluding carboxylic acids is 2. The van der Waals surface area contributed by atoms with Crippen LogP contribution in [0.4, 0.5) is 5.69 Å². The summed E-state index contributed by atoms with van der Waals surface area (Å²) in [5.41, 5.74) is 3.08. The highest BCUT2D eigenvalue weighted by molar-refractivity contribution is 6.24. The molecule has 2 heterocycles. The van der Waals surface area contributed by atoms with E-state index in [0.717, 1.165) is 11.3 Å². The number of benzene rings is 1. The maximum atomic E-state index is 12.5. The second-order valence-corrected chi connectivity index (χ2v) is 5.45. The monoisotopic (exact) mass is 328 g/mol. The molecular weight excluding hydrogens is 316 g/mol. The second-order valence-electron chi connectivity index (χ2n) is 5.45. The van der Waals surface area contributed by atoms with Gasteiger partial charge in [0.15, 0.2) is 0 Å². The summed E-state index contributed by atoms with van der Waals surface area (Å²) in [6.07, 6.45) is 5.62. The van der Waals surface area contributed by atoms with Crippen molar-refractivity contribution in [3.05, 3.63) is 84.2 Å². The Morgan fingerprint density at radius 2 is 1.76 bits per heavy atom. The van der Waals surface area contributed by atoms with E-state index >= 15 is 0 Å². The van der Waals surface area contributed by atoms with Crippen molar-refractivity contribution in [1.82, 2.24) is 15.0 Å². The number of aromatic nitrogens is 3. The molecule has 1 aliphatic rings. The van der Waals surface area contributed by atoms with E-state index in [1.165, 1.54) is 18.6 Å². The minimum Gasteiger partial charge on any atom is -0.352 e. The molecule has 6 heteroatoms. The van der Waals surface area contributed by atoms with Crippen molar-refractivity contribution in [2.75, 3.05) is 5.32 Å². The lowest BCUT2D eigenvalue weighted by atomic mass is 9.98. The van der Waals surface area contributed by atoms with E-state index in [0.29, 0.717) is 5.69 Å². The fourth-order valence-corrected chi connectivity index (χ4v) is 2.61. The Labute approximate surface area is 143 Å². The van der Waals surface area contributed by atoms with Gasteiger partial charge < -0.3 is 5.32 Å². The molecule has 0 fully saturated rings. The Morgan fingerprint density at radius 1 is 0.920 bits per heavy atom. The standard InChI is InChI=1S/C19H12N4O2/c24-17-9-16(19(25)14-10-20-11-22-18(14)17)23-13-6-4-12(5-7-13)15-3-1-2-8-21-15/h1-11,23H. The first-order valence-electron chi connectivity index (χ1n) is 7.61. The zero-order valence-electron chi connectivity index (χ0n) is 13.0. The summed E-state index contributed by atoms with van der Waals surface area (Å²) in [6.45, 7) is 0. The summed E-state index contributed by atoms with van der Waals surface area (Å²) in [4.78, 5) is 36.6. The topological polar surface area (TPSA) is 84.8 Å². The summed E-state index contributed by atoms with van der Waals surface area (Å²) in [5.74, 6) is -0.617. The third kappa shape index (κ3) is 2.81. The molecule has 2 aromatic heterocycles. The number of anilines is 1. The molecule has 120 valence electrons. The summed E-state index contributed by atoms with van der Waals surface area (Å²) in [7, 11) is 0. The van der Waals surface area contributed by atoms with Crippen LogP contribution in [0.15, 0.2) is 73.0 Å². The fourth-order valence-electron chi connectivity index (χ4n) is 2.61. The summed E-state index contributed by atoms with van der Waals surface area (Å²) < 4.78 is 0. The number of hydrogen-bond donors (Lipinski definition) is 1. The van der Waals surface area contributed by atoms with Crippen molar-refractivity contribution in [2.45, 2.75) is 0 Å². The van der Waals surface area contributed by atoms with Gasteiger partial charge >= 0.3 is 0 Å². The third-order valence-electron chi connectivity index (χ3n) is 3.83. The number of Topliss-reactive ketones (excluding diaryl/α,β-unsaturated/α-hetero) is 1. The Bertz CT molecular complexity index is 995. The number of carbonyl (C=O) groups is 2. The first kappa shape index (κ1) is 14.9. The largest absolute Gasteiger partial charge is 0.352 e. The molecule has 0 bridgehead atoms. The summed E-state index contributed by atoms with van der Waals surface area (Å²) >= 11 is 0. The number of pyridine rings is 1. The van der Waals surface area contributed by atoms with E-state index in [4.69, 9.17) is 0 Å². The van der Waals surface area contributed by atoms with E-state index < -0.39 is 0 Å². The molecular formula is C19H12N4O2. The maximum Gasteiger partial charge on any atom is 0.213 e. The number of nitrogens with zero attached hydrogens (tertiary/aromatic N) is 3. The van der Waals surface area contributed by atoms with Crippen LogP contribution in [0.2, 0.25) is 0 Å². The molecule has 0 saturated carbocycles. The van der Waals surface area contributed by atoms with Gasteiger partial charge in [0.1, 0.15) is 12.0 Å². The van der Waals surface area contributed by atoms with Crippen LogP contribution < -0.4 is 5.32 Å². The lowest BCUT2D eigenvalue weighted by Crippen LogP contribution is -2.22. The molecule has 0 saturated heterocycles. The first-order chi connectivity index (χ1) is 12.2. The van der Waals surface area contributed by atoms with Gasteiger partial charge in [-0.1, -0.05) is 18.2 Å². The molecule has 1 aromatic carbocycles. The van der Waals surface area contributed by atoms with Gasteiger partial charge in [0.05, 0.1) is 17.0 Å². The highest BCUT2D eigenvalue weighted by atomic mass is 16.1. The molecule has 0 spiro atoms. The van der Waals surface area contributed by atoms with E-state index in [2.05, 4.69) is 20.3 Å². The lowest BCUT2D eigenvalue weighted by Gasteiger charge is -2.15. The number of ketones is 2. The Kier molecular flexibility index (Phi) is 3.63. The number of nitrogens with one attached hydrogen (secondary N) is 1. The van der Waals surface area contributed by atoms with Gasteiger partial charge in [-0.25, -0.2) is 9.97 Å². The zero-order valence-corrected chi connectivity index (χ0v) is 13.0. The van der Waals surface area contributed by atoms with E-state index in [9.17, 15) is 9.59 Å². The average Bonchev–Trinajstić information content (AvgIpc) is 2.67. The molecule has 3 aromatic rings. The number of rotatable bonds is 3. The summed E-state index contributed by atoms with van der Waals surface area (Å²) in [5, 5.41) is 3.00. The van der Waals surface area contributed by atoms with Crippen molar-refractivity contribution in [3.8, 4) is 11.3 Å². The molecule has 25 heavy (non-hydrogen) atoms. The van der Waals surface area contributed by atoms with Crippen LogP contribution in [-0.2, 0) is 0 Å². The van der Waals surface area contributed by atoms with Crippen molar-refractivity contribution in [3.63, 3.8) is 0 Å². The Hall–Kier alpha value is -3.67. The van der Waals surface area contributed by atoms with Gasteiger partial charge in [0, 0.05) is 29.7 Å². The van der Waals surface area contributed by atoms with Gasteiger partial charge in [-0.05, 0) is 24.3 Å². The molecule has 6 nitrogen and oxygen atoms in total. The van der Waals surface area contributed by atoms with Gasteiger partial charge in [0.2, 0.25) is 11.6 Å². The number of hydrogen-bond acceptors (Lipinski definition) is 6. The van der Waals surface area contributed by atoms with Crippen LogP contribution in [0.3, 0.4) is 0 Å². The smallest absolute Gasteiger partial charge is 0.213 e. The molecule has 1 N–H and O–H groups in total. The quantitative estimate of drug-likeness (QED) is 0.796. The molecule has 0 aliphatic heterocycles. The predicted molar refractivity (Wildman–Crippen MR) is 92.1 cm³/mol. The minimum absolute atomic E-state index is 0.135. The van der Waals surface area contributed by atoms with Crippen LogP contribution in [0.1, 0.15) is 20.8 Å². The Morgan fingerprint density at radius 3 is 2.52 bits per heavy atom. The van der Waals surface area contributed by atoms with Crippen molar-refractivity contribution in [1.29, 1.82) is 0 Å². The van der Waals surface area contributed by atoms with Crippen molar-refractivity contribution < 1.29 is 9.59 Å². The van der Waals surface area contributed by atoms with Crippen LogP contribution in [-0.4, -0.2) is 26.5 Å².